The summed E-state index contributed by atoms with van der Waals surface area (Å²) in [6.45, 7) is 4.74. The van der Waals surface area contributed by atoms with Crippen LogP contribution in [0.3, 0.4) is 0 Å². The van der Waals surface area contributed by atoms with E-state index in [1.165, 1.54) is 12.0 Å². The number of amides is 1. The maximum absolute atomic E-state index is 12.9. The molecule has 0 N–H and O–H groups in total. The highest BCUT2D eigenvalue weighted by Gasteiger charge is 2.19. The van der Waals surface area contributed by atoms with Gasteiger partial charge in [0, 0.05) is 18.3 Å². The fraction of sp³-hybridized carbons (Fsp3) is 0.333. The molecule has 1 amide bonds. The highest BCUT2D eigenvalue weighted by molar-refractivity contribution is 6.32. The summed E-state index contributed by atoms with van der Waals surface area (Å²) in [5.41, 5.74) is 1.47. The molecule has 0 spiro atoms. The van der Waals surface area contributed by atoms with Crippen molar-refractivity contribution in [3.05, 3.63) is 52.5 Å². The Labute approximate surface area is 165 Å². The minimum Gasteiger partial charge on any atom is -0.493 e. The van der Waals surface area contributed by atoms with Crippen LogP contribution in [0.15, 0.2) is 36.4 Å². The monoisotopic (exact) mass is 386 g/mol. The maximum Gasteiger partial charge on any atom is 0.258 e. The minimum atomic E-state index is -0.265. The van der Waals surface area contributed by atoms with Gasteiger partial charge in [-0.2, -0.15) is 5.26 Å². The van der Waals surface area contributed by atoms with Crippen molar-refractivity contribution in [1.82, 2.24) is 0 Å². The largest absolute Gasteiger partial charge is 0.493 e. The molecular weight excluding hydrogens is 364 g/mol. The van der Waals surface area contributed by atoms with Crippen molar-refractivity contribution in [2.75, 3.05) is 25.7 Å². The molecule has 0 fully saturated rings. The van der Waals surface area contributed by atoms with Gasteiger partial charge in [-0.3, -0.25) is 4.79 Å². The molecule has 0 aliphatic rings. The van der Waals surface area contributed by atoms with Gasteiger partial charge in [-0.05, 0) is 42.7 Å². The Hall–Kier alpha value is -2.71. The fourth-order valence-electron chi connectivity index (χ4n) is 2.48. The SMILES string of the molecule is COc1cc(C(=O)N(C)c2cccc(C#N)c2)cc(Cl)c1OCCC(C)C. The second-order valence-corrected chi connectivity index (χ2v) is 6.95. The number of ether oxygens (including phenoxy) is 2. The number of halogens is 1. The zero-order valence-corrected chi connectivity index (χ0v) is 16.7. The molecule has 0 saturated carbocycles. The number of carbonyl (C=O) groups is 1. The molecule has 0 saturated heterocycles. The van der Waals surface area contributed by atoms with Crippen LogP contribution in [0, 0.1) is 17.2 Å². The Balaban J connectivity index is 2.28. The molecular formula is C21H23ClN2O3. The molecule has 0 aromatic heterocycles. The molecule has 0 heterocycles. The zero-order chi connectivity index (χ0) is 20.0. The Morgan fingerprint density at radius 3 is 2.67 bits per heavy atom. The molecule has 6 heteroatoms. The van der Waals surface area contributed by atoms with Crippen LogP contribution in [0.1, 0.15) is 36.2 Å². The lowest BCUT2D eigenvalue weighted by atomic mass is 10.1. The smallest absolute Gasteiger partial charge is 0.258 e. The Morgan fingerprint density at radius 1 is 1.30 bits per heavy atom. The second-order valence-electron chi connectivity index (χ2n) is 6.55. The van der Waals surface area contributed by atoms with E-state index in [2.05, 4.69) is 19.9 Å². The Kier molecular flexibility index (Phi) is 7.09. The van der Waals surface area contributed by atoms with E-state index in [4.69, 9.17) is 26.3 Å². The molecule has 27 heavy (non-hydrogen) atoms. The summed E-state index contributed by atoms with van der Waals surface area (Å²) in [4.78, 5) is 14.3. The van der Waals surface area contributed by atoms with Crippen LogP contribution in [0.4, 0.5) is 5.69 Å². The zero-order valence-electron chi connectivity index (χ0n) is 16.0. The summed E-state index contributed by atoms with van der Waals surface area (Å²) in [7, 11) is 3.15. The molecule has 0 aliphatic heterocycles. The van der Waals surface area contributed by atoms with Crippen molar-refractivity contribution in [3.63, 3.8) is 0 Å². The molecule has 0 unspecified atom stereocenters. The van der Waals surface area contributed by atoms with Crippen LogP contribution >= 0.6 is 11.6 Å². The van der Waals surface area contributed by atoms with E-state index in [0.29, 0.717) is 45.9 Å². The molecule has 0 aliphatic carbocycles. The van der Waals surface area contributed by atoms with Crippen LogP contribution in [0.5, 0.6) is 11.5 Å². The maximum atomic E-state index is 12.9. The predicted octanol–water partition coefficient (Wildman–Crippen LogP) is 4.92. The third kappa shape index (κ3) is 5.15. The second kappa shape index (κ2) is 9.29. The van der Waals surface area contributed by atoms with E-state index in [9.17, 15) is 4.79 Å². The van der Waals surface area contributed by atoms with Crippen molar-refractivity contribution >= 4 is 23.2 Å². The number of benzene rings is 2. The Bertz CT molecular complexity index is 859. The first-order valence-corrected chi connectivity index (χ1v) is 9.03. The van der Waals surface area contributed by atoms with Gasteiger partial charge in [-0.25, -0.2) is 0 Å². The molecule has 2 aromatic rings. The topological polar surface area (TPSA) is 62.6 Å². The van der Waals surface area contributed by atoms with E-state index in [-0.39, 0.29) is 5.91 Å². The average Bonchev–Trinajstić information content (AvgIpc) is 2.67. The van der Waals surface area contributed by atoms with Crippen LogP contribution < -0.4 is 14.4 Å². The minimum absolute atomic E-state index is 0.265. The molecule has 142 valence electrons. The van der Waals surface area contributed by atoms with Gasteiger partial charge in [0.1, 0.15) is 0 Å². The first-order chi connectivity index (χ1) is 12.9. The normalized spacial score (nSPS) is 10.4. The average molecular weight is 387 g/mol. The first-order valence-electron chi connectivity index (χ1n) is 8.66. The van der Waals surface area contributed by atoms with Crippen LogP contribution in [0.25, 0.3) is 0 Å². The van der Waals surface area contributed by atoms with E-state index >= 15 is 0 Å². The molecule has 5 nitrogen and oxygen atoms in total. The van der Waals surface area contributed by atoms with Gasteiger partial charge >= 0.3 is 0 Å². The third-order valence-electron chi connectivity index (χ3n) is 4.09. The van der Waals surface area contributed by atoms with Crippen LogP contribution in [0.2, 0.25) is 5.02 Å². The number of hydrogen-bond donors (Lipinski definition) is 0. The summed E-state index contributed by atoms with van der Waals surface area (Å²) in [6, 6.07) is 12.1. The summed E-state index contributed by atoms with van der Waals surface area (Å²) in [5, 5.41) is 9.36. The van der Waals surface area contributed by atoms with E-state index < -0.39 is 0 Å². The molecule has 0 atom stereocenters. The quantitative estimate of drug-likeness (QED) is 0.677. The fourth-order valence-corrected chi connectivity index (χ4v) is 2.74. The third-order valence-corrected chi connectivity index (χ3v) is 4.37. The number of nitriles is 1. The highest BCUT2D eigenvalue weighted by atomic mass is 35.5. The summed E-state index contributed by atoms with van der Waals surface area (Å²) < 4.78 is 11.1. The highest BCUT2D eigenvalue weighted by Crippen LogP contribution is 2.37. The Morgan fingerprint density at radius 2 is 2.04 bits per heavy atom. The van der Waals surface area contributed by atoms with Crippen molar-refractivity contribution in [3.8, 4) is 17.6 Å². The van der Waals surface area contributed by atoms with Gasteiger partial charge in [-0.15, -0.1) is 0 Å². The van der Waals surface area contributed by atoms with Gasteiger partial charge < -0.3 is 14.4 Å². The number of rotatable bonds is 7. The predicted molar refractivity (Wildman–Crippen MR) is 107 cm³/mol. The van der Waals surface area contributed by atoms with Crippen molar-refractivity contribution in [1.29, 1.82) is 5.26 Å². The summed E-state index contributed by atoms with van der Waals surface area (Å²) >= 11 is 6.35. The lowest BCUT2D eigenvalue weighted by Crippen LogP contribution is -2.26. The standard InChI is InChI=1S/C21H23ClN2O3/c1-14(2)8-9-27-20-18(22)11-16(12-19(20)26-4)21(25)24(3)17-7-5-6-15(10-17)13-23/h5-7,10-12,14H,8-9H2,1-4H3. The molecule has 2 rings (SSSR count). The van der Waals surface area contributed by atoms with Gasteiger partial charge in [-0.1, -0.05) is 31.5 Å². The number of nitrogens with zero attached hydrogens (tertiary/aromatic N) is 2. The van der Waals surface area contributed by atoms with Crippen molar-refractivity contribution in [2.24, 2.45) is 5.92 Å². The van der Waals surface area contributed by atoms with Crippen molar-refractivity contribution < 1.29 is 14.3 Å². The van der Waals surface area contributed by atoms with Crippen LogP contribution in [-0.2, 0) is 0 Å². The van der Waals surface area contributed by atoms with Crippen molar-refractivity contribution in [2.45, 2.75) is 20.3 Å². The van der Waals surface area contributed by atoms with Gasteiger partial charge in [0.2, 0.25) is 0 Å². The van der Waals surface area contributed by atoms with Gasteiger partial charge in [0.05, 0.1) is 30.4 Å². The van der Waals surface area contributed by atoms with E-state index in [0.717, 1.165) is 6.42 Å². The molecule has 2 aromatic carbocycles. The van der Waals surface area contributed by atoms with Crippen LogP contribution in [-0.4, -0.2) is 26.7 Å². The van der Waals surface area contributed by atoms with Gasteiger partial charge in [0.15, 0.2) is 11.5 Å². The number of carbonyl (C=O) groups excluding carboxylic acids is 1. The molecule has 0 radical (unpaired) electrons. The lowest BCUT2D eigenvalue weighted by Gasteiger charge is -2.19. The lowest BCUT2D eigenvalue weighted by molar-refractivity contribution is 0.0992. The number of hydrogen-bond acceptors (Lipinski definition) is 4. The molecule has 0 bridgehead atoms. The first kappa shape index (κ1) is 20.6. The summed E-state index contributed by atoms with van der Waals surface area (Å²) in [5.74, 6) is 1.09. The van der Waals surface area contributed by atoms with E-state index in [1.54, 1.807) is 43.4 Å². The summed E-state index contributed by atoms with van der Waals surface area (Å²) in [6.07, 6.45) is 0.887. The van der Waals surface area contributed by atoms with E-state index in [1.807, 2.05) is 0 Å². The number of anilines is 1. The van der Waals surface area contributed by atoms with Gasteiger partial charge in [0.25, 0.3) is 5.91 Å². The number of methoxy groups -OCH3 is 1.